The Morgan fingerprint density at radius 2 is 2.05 bits per heavy atom. The summed E-state index contributed by atoms with van der Waals surface area (Å²) in [6.07, 6.45) is -3.64. The first kappa shape index (κ1) is 14.3. The van der Waals surface area contributed by atoms with Crippen LogP contribution in [0.3, 0.4) is 0 Å². The highest BCUT2D eigenvalue weighted by molar-refractivity contribution is 5.32. The van der Waals surface area contributed by atoms with E-state index < -0.39 is 23.2 Å². The lowest BCUT2D eigenvalue weighted by Crippen LogP contribution is -2.47. The highest BCUT2D eigenvalue weighted by Crippen LogP contribution is 2.34. The molecule has 1 heterocycles. The zero-order valence-corrected chi connectivity index (χ0v) is 10.2. The lowest BCUT2D eigenvalue weighted by Gasteiger charge is -2.33. The Morgan fingerprint density at radius 1 is 1.32 bits per heavy atom. The maximum absolute atomic E-state index is 13.1. The molecule has 6 heteroatoms. The van der Waals surface area contributed by atoms with Gasteiger partial charge in [0.1, 0.15) is 5.82 Å². The summed E-state index contributed by atoms with van der Waals surface area (Å²) in [5.74, 6) is -0.727. The van der Waals surface area contributed by atoms with Crippen LogP contribution in [-0.2, 0) is 12.6 Å². The smallest absolute Gasteiger partial charge is 0.388 e. The number of piperidine rings is 1. The normalized spacial score (nSPS) is 24.5. The summed E-state index contributed by atoms with van der Waals surface area (Å²) in [5, 5.41) is 13.2. The third kappa shape index (κ3) is 3.45. The van der Waals surface area contributed by atoms with Crippen LogP contribution in [0.5, 0.6) is 0 Å². The molecular formula is C13H15F4NO. The number of rotatable bonds is 2. The topological polar surface area (TPSA) is 32.3 Å². The summed E-state index contributed by atoms with van der Waals surface area (Å²) in [7, 11) is 0. The Morgan fingerprint density at radius 3 is 2.63 bits per heavy atom. The standard InChI is InChI=1S/C13H15F4NO/c14-10-2-3-11(13(15,16)17)9(6-10)7-12(19)4-1-5-18-8-12/h2-3,6,18-19H,1,4-5,7-8H2. The predicted octanol–water partition coefficient (Wildman–Crippen LogP) is 2.50. The highest BCUT2D eigenvalue weighted by Gasteiger charge is 2.37. The summed E-state index contributed by atoms with van der Waals surface area (Å²) < 4.78 is 51.7. The van der Waals surface area contributed by atoms with Crippen molar-refractivity contribution in [2.24, 2.45) is 0 Å². The molecule has 2 nitrogen and oxygen atoms in total. The van der Waals surface area contributed by atoms with Crippen LogP contribution in [0, 0.1) is 5.82 Å². The van der Waals surface area contributed by atoms with Gasteiger partial charge in [0, 0.05) is 13.0 Å². The highest BCUT2D eigenvalue weighted by atomic mass is 19.4. The van der Waals surface area contributed by atoms with Crippen molar-refractivity contribution in [3.8, 4) is 0 Å². The molecule has 1 aromatic rings. The van der Waals surface area contributed by atoms with E-state index in [0.29, 0.717) is 12.8 Å². The molecule has 1 aromatic carbocycles. The van der Waals surface area contributed by atoms with Gasteiger partial charge in [-0.05, 0) is 43.1 Å². The molecule has 1 saturated heterocycles. The quantitative estimate of drug-likeness (QED) is 0.814. The van der Waals surface area contributed by atoms with E-state index in [9.17, 15) is 22.7 Å². The average molecular weight is 277 g/mol. The monoisotopic (exact) mass is 277 g/mol. The predicted molar refractivity (Wildman–Crippen MR) is 62.2 cm³/mol. The van der Waals surface area contributed by atoms with Crippen LogP contribution in [0.15, 0.2) is 18.2 Å². The van der Waals surface area contributed by atoms with Gasteiger partial charge >= 0.3 is 6.18 Å². The van der Waals surface area contributed by atoms with Crippen molar-refractivity contribution in [3.63, 3.8) is 0 Å². The minimum absolute atomic E-state index is 0.196. The summed E-state index contributed by atoms with van der Waals surface area (Å²) >= 11 is 0. The van der Waals surface area contributed by atoms with Gasteiger partial charge in [-0.2, -0.15) is 13.2 Å². The molecule has 1 unspecified atom stereocenters. The van der Waals surface area contributed by atoms with Gasteiger partial charge in [-0.15, -0.1) is 0 Å². The Hall–Kier alpha value is -1.14. The number of nitrogens with one attached hydrogen (secondary N) is 1. The van der Waals surface area contributed by atoms with Crippen LogP contribution in [0.4, 0.5) is 17.6 Å². The molecule has 0 amide bonds. The Kier molecular flexibility index (Phi) is 3.82. The van der Waals surface area contributed by atoms with Gasteiger partial charge in [-0.1, -0.05) is 0 Å². The number of benzene rings is 1. The van der Waals surface area contributed by atoms with E-state index in [4.69, 9.17) is 0 Å². The second kappa shape index (κ2) is 5.09. The van der Waals surface area contributed by atoms with E-state index in [-0.39, 0.29) is 18.5 Å². The van der Waals surface area contributed by atoms with Crippen LogP contribution in [0.1, 0.15) is 24.0 Å². The minimum atomic E-state index is -4.54. The SMILES string of the molecule is OC1(Cc2cc(F)ccc2C(F)(F)F)CCCNC1. The van der Waals surface area contributed by atoms with Gasteiger partial charge in [-0.25, -0.2) is 4.39 Å². The maximum Gasteiger partial charge on any atom is 0.416 e. The third-order valence-corrected chi connectivity index (χ3v) is 3.34. The number of β-amino-alcohol motifs (C(OH)–C–C–N with tert-alkyl or cyclic N) is 1. The van der Waals surface area contributed by atoms with Crippen molar-refractivity contribution in [3.05, 3.63) is 35.1 Å². The Bertz CT molecular complexity index is 452. The fourth-order valence-electron chi connectivity index (χ4n) is 2.44. The van der Waals surface area contributed by atoms with E-state index in [0.717, 1.165) is 24.7 Å². The van der Waals surface area contributed by atoms with E-state index >= 15 is 0 Å². The zero-order chi connectivity index (χ0) is 14.1. The molecule has 0 spiro atoms. The number of hydrogen-bond acceptors (Lipinski definition) is 2. The van der Waals surface area contributed by atoms with Gasteiger partial charge in [0.2, 0.25) is 0 Å². The number of halogens is 4. The van der Waals surface area contributed by atoms with Gasteiger partial charge in [-0.3, -0.25) is 0 Å². The van der Waals surface area contributed by atoms with Crippen molar-refractivity contribution in [1.82, 2.24) is 5.32 Å². The molecular weight excluding hydrogens is 262 g/mol. The molecule has 1 aliphatic heterocycles. The summed E-state index contributed by atoms with van der Waals surface area (Å²) in [5.41, 5.74) is -2.32. The third-order valence-electron chi connectivity index (χ3n) is 3.34. The first-order valence-corrected chi connectivity index (χ1v) is 6.09. The second-order valence-electron chi connectivity index (χ2n) is 4.98. The minimum Gasteiger partial charge on any atom is -0.388 e. The molecule has 0 bridgehead atoms. The van der Waals surface area contributed by atoms with E-state index in [1.54, 1.807) is 0 Å². The zero-order valence-electron chi connectivity index (χ0n) is 10.2. The molecule has 1 aliphatic rings. The molecule has 19 heavy (non-hydrogen) atoms. The van der Waals surface area contributed by atoms with Crippen LogP contribution >= 0.6 is 0 Å². The fourth-order valence-corrected chi connectivity index (χ4v) is 2.44. The van der Waals surface area contributed by atoms with Crippen molar-refractivity contribution in [1.29, 1.82) is 0 Å². The average Bonchev–Trinajstić information content (AvgIpc) is 2.27. The largest absolute Gasteiger partial charge is 0.416 e. The molecule has 0 aromatic heterocycles. The molecule has 2 N–H and O–H groups in total. The summed E-state index contributed by atoms with van der Waals surface area (Å²) in [6.45, 7) is 0.957. The van der Waals surface area contributed by atoms with Gasteiger partial charge in [0.05, 0.1) is 11.2 Å². The lowest BCUT2D eigenvalue weighted by atomic mass is 9.86. The molecule has 106 valence electrons. The lowest BCUT2D eigenvalue weighted by molar-refractivity contribution is -0.138. The van der Waals surface area contributed by atoms with Crippen molar-refractivity contribution in [2.45, 2.75) is 31.0 Å². The van der Waals surface area contributed by atoms with Crippen LogP contribution in [0.2, 0.25) is 0 Å². The van der Waals surface area contributed by atoms with Crippen LogP contribution in [0.25, 0.3) is 0 Å². The van der Waals surface area contributed by atoms with E-state index in [2.05, 4.69) is 5.32 Å². The van der Waals surface area contributed by atoms with Crippen molar-refractivity contribution >= 4 is 0 Å². The fraction of sp³-hybridized carbons (Fsp3) is 0.538. The van der Waals surface area contributed by atoms with Gasteiger partial charge < -0.3 is 10.4 Å². The molecule has 1 atom stereocenters. The molecule has 1 fully saturated rings. The number of aliphatic hydroxyl groups is 1. The maximum atomic E-state index is 13.1. The first-order chi connectivity index (χ1) is 8.80. The Labute approximate surface area is 108 Å². The van der Waals surface area contributed by atoms with Crippen molar-refractivity contribution < 1.29 is 22.7 Å². The number of alkyl halides is 3. The van der Waals surface area contributed by atoms with Crippen molar-refractivity contribution in [2.75, 3.05) is 13.1 Å². The van der Waals surface area contributed by atoms with E-state index in [1.807, 2.05) is 0 Å². The van der Waals surface area contributed by atoms with Gasteiger partial charge in [0.25, 0.3) is 0 Å². The van der Waals surface area contributed by atoms with Crippen LogP contribution in [-0.4, -0.2) is 23.8 Å². The van der Waals surface area contributed by atoms with E-state index in [1.165, 1.54) is 0 Å². The molecule has 0 saturated carbocycles. The van der Waals surface area contributed by atoms with Gasteiger partial charge in [0.15, 0.2) is 0 Å². The molecule has 2 rings (SSSR count). The molecule has 0 radical (unpaired) electrons. The summed E-state index contributed by atoms with van der Waals surface area (Å²) in [4.78, 5) is 0. The first-order valence-electron chi connectivity index (χ1n) is 6.09. The Balaban J connectivity index is 2.30. The number of hydrogen-bond donors (Lipinski definition) is 2. The molecule has 0 aliphatic carbocycles. The van der Waals surface area contributed by atoms with Crippen LogP contribution < -0.4 is 5.32 Å². The summed E-state index contributed by atoms with van der Waals surface area (Å²) in [6, 6.07) is 2.37. The second-order valence-corrected chi connectivity index (χ2v) is 4.98.